The second kappa shape index (κ2) is 5.47. The van der Waals surface area contributed by atoms with Gasteiger partial charge in [0.1, 0.15) is 0 Å². The predicted molar refractivity (Wildman–Crippen MR) is 66.7 cm³/mol. The zero-order valence-corrected chi connectivity index (χ0v) is 10.4. The van der Waals surface area contributed by atoms with Gasteiger partial charge in [0, 0.05) is 24.0 Å². The van der Waals surface area contributed by atoms with Gasteiger partial charge in [0.2, 0.25) is 11.9 Å². The standard InChI is InChI=1S/C12H10F2N4O2/c1-20-11-7(2-3-16-10(11)12(15)19)17-6-4-8(13)18-9(14)5-6/h2-5H,1H3,(H2,15,19)(H,16,17,18). The number of aromatic nitrogens is 2. The van der Waals surface area contributed by atoms with Gasteiger partial charge >= 0.3 is 0 Å². The number of methoxy groups -OCH3 is 1. The van der Waals surface area contributed by atoms with Crippen LogP contribution in [-0.2, 0) is 0 Å². The number of nitrogens with one attached hydrogen (secondary N) is 1. The molecule has 0 aliphatic rings. The number of halogens is 2. The monoisotopic (exact) mass is 280 g/mol. The second-order valence-corrected chi connectivity index (χ2v) is 3.73. The SMILES string of the molecule is COc1c(Nc2cc(F)nc(F)c2)ccnc1C(N)=O. The Morgan fingerprint density at radius 2 is 2.00 bits per heavy atom. The van der Waals surface area contributed by atoms with Crippen LogP contribution in [0.15, 0.2) is 24.4 Å². The molecular formula is C12H10F2N4O2. The Bertz CT molecular complexity index is 644. The van der Waals surface area contributed by atoms with E-state index in [0.29, 0.717) is 5.69 Å². The molecular weight excluding hydrogens is 270 g/mol. The zero-order valence-electron chi connectivity index (χ0n) is 10.4. The molecule has 0 aliphatic carbocycles. The summed E-state index contributed by atoms with van der Waals surface area (Å²) in [6.45, 7) is 0. The maximum Gasteiger partial charge on any atom is 0.271 e. The number of nitrogens with zero attached hydrogens (tertiary/aromatic N) is 2. The predicted octanol–water partition coefficient (Wildman–Crippen LogP) is 1.61. The fourth-order valence-electron chi connectivity index (χ4n) is 1.62. The molecule has 20 heavy (non-hydrogen) atoms. The van der Waals surface area contributed by atoms with E-state index < -0.39 is 17.8 Å². The molecule has 0 radical (unpaired) electrons. The molecule has 2 aromatic heterocycles. The molecule has 0 saturated carbocycles. The van der Waals surface area contributed by atoms with Gasteiger partial charge < -0.3 is 15.8 Å². The first-order chi connectivity index (χ1) is 9.51. The normalized spacial score (nSPS) is 10.2. The zero-order chi connectivity index (χ0) is 14.7. The Balaban J connectivity index is 2.43. The van der Waals surface area contributed by atoms with Crippen LogP contribution >= 0.6 is 0 Å². The van der Waals surface area contributed by atoms with E-state index in [0.717, 1.165) is 12.1 Å². The van der Waals surface area contributed by atoms with Gasteiger partial charge in [-0.2, -0.15) is 13.8 Å². The minimum Gasteiger partial charge on any atom is -0.492 e. The third-order valence-corrected chi connectivity index (χ3v) is 2.38. The summed E-state index contributed by atoms with van der Waals surface area (Å²) in [7, 11) is 1.32. The maximum atomic E-state index is 13.0. The van der Waals surface area contributed by atoms with Crippen molar-refractivity contribution >= 4 is 17.3 Å². The van der Waals surface area contributed by atoms with E-state index in [2.05, 4.69) is 15.3 Å². The van der Waals surface area contributed by atoms with E-state index in [1.165, 1.54) is 19.4 Å². The van der Waals surface area contributed by atoms with Crippen LogP contribution in [0.25, 0.3) is 0 Å². The number of hydrogen-bond donors (Lipinski definition) is 2. The molecule has 0 atom stereocenters. The van der Waals surface area contributed by atoms with Gasteiger partial charge in [-0.3, -0.25) is 4.79 Å². The van der Waals surface area contributed by atoms with Crippen LogP contribution in [0.1, 0.15) is 10.5 Å². The Hall–Kier alpha value is -2.77. The summed E-state index contributed by atoms with van der Waals surface area (Å²) in [6.07, 6.45) is 1.32. The van der Waals surface area contributed by atoms with Crippen molar-refractivity contribution in [1.29, 1.82) is 0 Å². The molecule has 0 unspecified atom stereocenters. The number of carbonyl (C=O) groups excluding carboxylic acids is 1. The molecule has 0 bridgehead atoms. The van der Waals surface area contributed by atoms with Crippen LogP contribution in [0.5, 0.6) is 5.75 Å². The van der Waals surface area contributed by atoms with Gasteiger partial charge in [0.25, 0.3) is 5.91 Å². The van der Waals surface area contributed by atoms with Crippen molar-refractivity contribution in [3.63, 3.8) is 0 Å². The Kier molecular flexibility index (Phi) is 3.74. The summed E-state index contributed by atoms with van der Waals surface area (Å²) in [5, 5.41) is 2.71. The molecule has 3 N–H and O–H groups in total. The van der Waals surface area contributed by atoms with Crippen molar-refractivity contribution in [3.05, 3.63) is 42.0 Å². The van der Waals surface area contributed by atoms with E-state index in [9.17, 15) is 13.6 Å². The summed E-state index contributed by atoms with van der Waals surface area (Å²) in [5.74, 6) is -2.65. The molecule has 8 heteroatoms. The van der Waals surface area contributed by atoms with Crippen molar-refractivity contribution in [2.45, 2.75) is 0 Å². The van der Waals surface area contributed by atoms with Gasteiger partial charge in [-0.25, -0.2) is 4.98 Å². The first-order valence-corrected chi connectivity index (χ1v) is 5.44. The van der Waals surface area contributed by atoms with Crippen LogP contribution in [0.2, 0.25) is 0 Å². The van der Waals surface area contributed by atoms with Gasteiger partial charge in [0.15, 0.2) is 11.4 Å². The molecule has 0 fully saturated rings. The highest BCUT2D eigenvalue weighted by molar-refractivity contribution is 5.95. The number of pyridine rings is 2. The number of ether oxygens (including phenoxy) is 1. The quantitative estimate of drug-likeness (QED) is 0.830. The molecule has 0 saturated heterocycles. The van der Waals surface area contributed by atoms with Crippen molar-refractivity contribution < 1.29 is 18.3 Å². The second-order valence-electron chi connectivity index (χ2n) is 3.73. The van der Waals surface area contributed by atoms with Crippen LogP contribution in [0.4, 0.5) is 20.2 Å². The minimum atomic E-state index is -0.976. The number of hydrogen-bond acceptors (Lipinski definition) is 5. The third-order valence-electron chi connectivity index (χ3n) is 2.38. The van der Waals surface area contributed by atoms with Crippen molar-refractivity contribution in [2.75, 3.05) is 12.4 Å². The smallest absolute Gasteiger partial charge is 0.271 e. The summed E-state index contributed by atoms with van der Waals surface area (Å²) in [5.41, 5.74) is 5.47. The van der Waals surface area contributed by atoms with Gasteiger partial charge in [-0.1, -0.05) is 0 Å². The fourth-order valence-corrected chi connectivity index (χ4v) is 1.62. The number of amides is 1. The lowest BCUT2D eigenvalue weighted by Crippen LogP contribution is -2.15. The maximum absolute atomic E-state index is 13.0. The first-order valence-electron chi connectivity index (χ1n) is 5.44. The van der Waals surface area contributed by atoms with Crippen LogP contribution < -0.4 is 15.8 Å². The lowest BCUT2D eigenvalue weighted by molar-refractivity contribution is 0.0992. The van der Waals surface area contributed by atoms with Gasteiger partial charge in [0.05, 0.1) is 12.8 Å². The highest BCUT2D eigenvalue weighted by Gasteiger charge is 2.15. The average Bonchev–Trinajstić information content (AvgIpc) is 2.37. The molecule has 104 valence electrons. The lowest BCUT2D eigenvalue weighted by atomic mass is 10.2. The number of primary amides is 1. The third kappa shape index (κ3) is 2.79. The topological polar surface area (TPSA) is 90.1 Å². The van der Waals surface area contributed by atoms with Crippen LogP contribution in [0, 0.1) is 11.9 Å². The number of carbonyl (C=O) groups is 1. The van der Waals surface area contributed by atoms with Crippen LogP contribution in [-0.4, -0.2) is 23.0 Å². The molecule has 2 heterocycles. The highest BCUT2D eigenvalue weighted by atomic mass is 19.1. The van der Waals surface area contributed by atoms with Crippen molar-refractivity contribution in [2.24, 2.45) is 5.73 Å². The number of rotatable bonds is 4. The molecule has 2 aromatic rings. The van der Waals surface area contributed by atoms with E-state index in [4.69, 9.17) is 10.5 Å². The van der Waals surface area contributed by atoms with E-state index in [-0.39, 0.29) is 17.1 Å². The van der Waals surface area contributed by atoms with Gasteiger partial charge in [-0.05, 0) is 6.07 Å². The van der Waals surface area contributed by atoms with Crippen molar-refractivity contribution in [3.8, 4) is 5.75 Å². The summed E-state index contributed by atoms with van der Waals surface area (Å²) in [6, 6.07) is 3.46. The average molecular weight is 280 g/mol. The summed E-state index contributed by atoms with van der Waals surface area (Å²) < 4.78 is 31.1. The lowest BCUT2D eigenvalue weighted by Gasteiger charge is -2.12. The Morgan fingerprint density at radius 3 is 2.55 bits per heavy atom. The summed E-state index contributed by atoms with van der Waals surface area (Å²) in [4.78, 5) is 18.0. The number of nitrogens with two attached hydrogens (primary N) is 1. The molecule has 6 nitrogen and oxygen atoms in total. The Labute approximate surface area is 112 Å². The van der Waals surface area contributed by atoms with Gasteiger partial charge in [-0.15, -0.1) is 0 Å². The van der Waals surface area contributed by atoms with E-state index >= 15 is 0 Å². The largest absolute Gasteiger partial charge is 0.492 e. The number of anilines is 2. The molecule has 1 amide bonds. The van der Waals surface area contributed by atoms with Crippen LogP contribution in [0.3, 0.4) is 0 Å². The van der Waals surface area contributed by atoms with Crippen molar-refractivity contribution in [1.82, 2.24) is 9.97 Å². The van der Waals surface area contributed by atoms with E-state index in [1.807, 2.05) is 0 Å². The molecule has 2 rings (SSSR count). The molecule has 0 aromatic carbocycles. The minimum absolute atomic E-state index is 0.0811. The highest BCUT2D eigenvalue weighted by Crippen LogP contribution is 2.29. The Morgan fingerprint density at radius 1 is 1.35 bits per heavy atom. The van der Waals surface area contributed by atoms with E-state index in [1.54, 1.807) is 0 Å². The summed E-state index contributed by atoms with van der Waals surface area (Å²) >= 11 is 0. The first kappa shape index (κ1) is 13.7. The molecule has 0 aliphatic heterocycles. The fraction of sp³-hybridized carbons (Fsp3) is 0.0833. The molecule has 0 spiro atoms.